The molecule has 6 nitrogen and oxygen atoms in total. The molecular weight excluding hydrogens is 236 g/mol. The van der Waals surface area contributed by atoms with Crippen LogP contribution in [0.5, 0.6) is 5.75 Å². The number of nitrogens with two attached hydrogens (primary N) is 1. The van der Waals surface area contributed by atoms with E-state index < -0.39 is 6.04 Å². The lowest BCUT2D eigenvalue weighted by atomic mass is 10.3. The molecule has 0 spiro atoms. The van der Waals surface area contributed by atoms with Crippen molar-refractivity contribution >= 4 is 11.6 Å². The van der Waals surface area contributed by atoms with Crippen molar-refractivity contribution in [2.75, 3.05) is 32.7 Å². The first-order valence-electron chi connectivity index (χ1n) is 5.53. The van der Waals surface area contributed by atoms with Gasteiger partial charge >= 0.3 is 0 Å². The molecule has 1 atom stereocenters. The van der Waals surface area contributed by atoms with Gasteiger partial charge in [0.05, 0.1) is 19.3 Å². The van der Waals surface area contributed by atoms with Crippen LogP contribution >= 0.6 is 0 Å². The van der Waals surface area contributed by atoms with Crippen LogP contribution in [0.15, 0.2) is 24.3 Å². The topological polar surface area (TPSA) is 93.8 Å². The van der Waals surface area contributed by atoms with E-state index in [4.69, 9.17) is 20.3 Å². The molecule has 6 heteroatoms. The number of benzene rings is 1. The minimum Gasteiger partial charge on any atom is -0.484 e. The minimum absolute atomic E-state index is 0.121. The third-order valence-corrected chi connectivity index (χ3v) is 2.20. The van der Waals surface area contributed by atoms with Crippen molar-refractivity contribution in [2.45, 2.75) is 6.04 Å². The summed E-state index contributed by atoms with van der Waals surface area (Å²) in [5.74, 6) is 0.245. The number of anilines is 1. The maximum atomic E-state index is 11.5. The Labute approximate surface area is 106 Å². The molecule has 1 aromatic rings. The number of nitrogens with one attached hydrogen (secondary N) is 1. The van der Waals surface area contributed by atoms with Crippen LogP contribution in [0.1, 0.15) is 0 Å². The van der Waals surface area contributed by atoms with Crippen molar-refractivity contribution in [1.82, 2.24) is 5.32 Å². The lowest BCUT2D eigenvalue weighted by Crippen LogP contribution is -2.42. The van der Waals surface area contributed by atoms with Gasteiger partial charge in [-0.15, -0.1) is 0 Å². The smallest absolute Gasteiger partial charge is 0.258 e. The molecule has 0 aliphatic rings. The Hall–Kier alpha value is -1.79. The zero-order valence-electron chi connectivity index (χ0n) is 10.3. The first kappa shape index (κ1) is 14.3. The Morgan fingerprint density at radius 2 is 2.11 bits per heavy atom. The second-order valence-corrected chi connectivity index (χ2v) is 3.76. The fourth-order valence-electron chi connectivity index (χ4n) is 1.32. The Bertz CT molecular complexity index is 367. The maximum absolute atomic E-state index is 11.5. The first-order chi connectivity index (χ1) is 8.65. The summed E-state index contributed by atoms with van der Waals surface area (Å²) in [5.41, 5.74) is 6.16. The highest BCUT2D eigenvalue weighted by Crippen LogP contribution is 2.12. The van der Waals surface area contributed by atoms with Gasteiger partial charge in [-0.2, -0.15) is 0 Å². The summed E-state index contributed by atoms with van der Waals surface area (Å²) < 4.78 is 10.1. The third-order valence-electron chi connectivity index (χ3n) is 2.20. The lowest BCUT2D eigenvalue weighted by Gasteiger charge is -2.15. The van der Waals surface area contributed by atoms with Crippen LogP contribution in [0, 0.1) is 0 Å². The van der Waals surface area contributed by atoms with Crippen LogP contribution in [0.4, 0.5) is 5.69 Å². The number of amides is 1. The molecule has 0 aliphatic carbocycles. The molecule has 100 valence electrons. The predicted octanol–water partition coefficient (Wildman–Crippen LogP) is -0.229. The molecule has 0 saturated heterocycles. The summed E-state index contributed by atoms with van der Waals surface area (Å²) in [6.45, 7) is -0.0459. The normalized spacial score (nSPS) is 11.9. The summed E-state index contributed by atoms with van der Waals surface area (Å²) in [4.78, 5) is 11.5. The quantitative estimate of drug-likeness (QED) is 0.584. The zero-order valence-corrected chi connectivity index (χ0v) is 10.3. The number of aliphatic hydroxyl groups excluding tert-OH is 1. The largest absolute Gasteiger partial charge is 0.484 e. The predicted molar refractivity (Wildman–Crippen MR) is 67.2 cm³/mol. The van der Waals surface area contributed by atoms with E-state index >= 15 is 0 Å². The van der Waals surface area contributed by atoms with Crippen molar-refractivity contribution in [3.05, 3.63) is 24.3 Å². The summed E-state index contributed by atoms with van der Waals surface area (Å²) >= 11 is 0. The van der Waals surface area contributed by atoms with E-state index in [1.165, 1.54) is 7.11 Å². The summed E-state index contributed by atoms with van der Waals surface area (Å²) in [5, 5.41) is 11.6. The molecule has 0 bridgehead atoms. The van der Waals surface area contributed by atoms with Crippen molar-refractivity contribution in [3.63, 3.8) is 0 Å². The number of hydrogen-bond acceptors (Lipinski definition) is 5. The number of methoxy groups -OCH3 is 1. The SMILES string of the molecule is COCC(CO)NC(=O)COc1ccc(N)cc1. The van der Waals surface area contributed by atoms with E-state index in [1.807, 2.05) is 0 Å². The van der Waals surface area contributed by atoms with E-state index in [2.05, 4.69) is 5.32 Å². The average Bonchev–Trinajstić information content (AvgIpc) is 2.37. The molecule has 0 heterocycles. The second kappa shape index (κ2) is 7.52. The third kappa shape index (κ3) is 5.03. The number of hydrogen-bond donors (Lipinski definition) is 3. The number of aliphatic hydroxyl groups is 1. The van der Waals surface area contributed by atoms with E-state index in [-0.39, 0.29) is 25.7 Å². The number of carbonyl (C=O) groups is 1. The molecule has 0 saturated carbocycles. The van der Waals surface area contributed by atoms with Gasteiger partial charge in [-0.1, -0.05) is 0 Å². The Balaban J connectivity index is 2.34. The number of nitrogen functional groups attached to an aromatic ring is 1. The van der Waals surface area contributed by atoms with Crippen LogP contribution in [0.25, 0.3) is 0 Å². The summed E-state index contributed by atoms with van der Waals surface area (Å²) in [6.07, 6.45) is 0. The van der Waals surface area contributed by atoms with Crippen molar-refractivity contribution in [2.24, 2.45) is 0 Å². The summed E-state index contributed by atoms with van der Waals surface area (Å²) in [6, 6.07) is 6.32. The van der Waals surface area contributed by atoms with Gasteiger partial charge in [0, 0.05) is 12.8 Å². The van der Waals surface area contributed by atoms with Crippen LogP contribution in [0.3, 0.4) is 0 Å². The van der Waals surface area contributed by atoms with Gasteiger partial charge < -0.3 is 25.6 Å². The van der Waals surface area contributed by atoms with Crippen LogP contribution in [-0.2, 0) is 9.53 Å². The van der Waals surface area contributed by atoms with Crippen LogP contribution < -0.4 is 15.8 Å². The molecule has 1 aromatic carbocycles. The van der Waals surface area contributed by atoms with Gasteiger partial charge in [0.2, 0.25) is 0 Å². The molecule has 0 aromatic heterocycles. The molecular formula is C12H18N2O4. The van der Waals surface area contributed by atoms with Crippen molar-refractivity contribution in [1.29, 1.82) is 0 Å². The van der Waals surface area contributed by atoms with Crippen molar-refractivity contribution < 1.29 is 19.4 Å². The minimum atomic E-state index is -0.419. The maximum Gasteiger partial charge on any atom is 0.258 e. The van der Waals surface area contributed by atoms with Crippen LogP contribution in [0.2, 0.25) is 0 Å². The highest BCUT2D eigenvalue weighted by molar-refractivity contribution is 5.77. The standard InChI is InChI=1S/C12H18N2O4/c1-17-7-10(6-15)14-12(16)8-18-11-4-2-9(13)3-5-11/h2-5,10,15H,6-8,13H2,1H3,(H,14,16). The number of carbonyl (C=O) groups excluding carboxylic acids is 1. The van der Waals surface area contributed by atoms with E-state index in [9.17, 15) is 4.79 Å². The summed E-state index contributed by atoms with van der Waals surface area (Å²) in [7, 11) is 1.50. The monoisotopic (exact) mass is 254 g/mol. The molecule has 4 N–H and O–H groups in total. The average molecular weight is 254 g/mol. The second-order valence-electron chi connectivity index (χ2n) is 3.76. The van der Waals surface area contributed by atoms with Gasteiger partial charge in [0.1, 0.15) is 5.75 Å². The van der Waals surface area contributed by atoms with Crippen molar-refractivity contribution in [3.8, 4) is 5.75 Å². The fraction of sp³-hybridized carbons (Fsp3) is 0.417. The van der Waals surface area contributed by atoms with Gasteiger partial charge in [0.15, 0.2) is 6.61 Å². The van der Waals surface area contributed by atoms with Crippen LogP contribution in [-0.4, -0.2) is 44.0 Å². The lowest BCUT2D eigenvalue weighted by molar-refractivity contribution is -0.124. The fourth-order valence-corrected chi connectivity index (χ4v) is 1.32. The molecule has 1 rings (SSSR count). The van der Waals surface area contributed by atoms with Gasteiger partial charge in [0.25, 0.3) is 5.91 Å². The molecule has 18 heavy (non-hydrogen) atoms. The molecule has 0 radical (unpaired) electrons. The van der Waals surface area contributed by atoms with E-state index in [0.717, 1.165) is 0 Å². The van der Waals surface area contributed by atoms with E-state index in [0.29, 0.717) is 11.4 Å². The van der Waals surface area contributed by atoms with Gasteiger partial charge in [-0.3, -0.25) is 4.79 Å². The van der Waals surface area contributed by atoms with Gasteiger partial charge in [-0.05, 0) is 24.3 Å². The number of ether oxygens (including phenoxy) is 2. The Morgan fingerprint density at radius 3 is 2.67 bits per heavy atom. The Kier molecular flexibility index (Phi) is 5.96. The molecule has 1 amide bonds. The highest BCUT2D eigenvalue weighted by Gasteiger charge is 2.11. The molecule has 0 aliphatic heterocycles. The molecule has 1 unspecified atom stereocenters. The van der Waals surface area contributed by atoms with E-state index in [1.54, 1.807) is 24.3 Å². The molecule has 0 fully saturated rings. The highest BCUT2D eigenvalue weighted by atomic mass is 16.5. The zero-order chi connectivity index (χ0) is 13.4. The Morgan fingerprint density at radius 1 is 1.44 bits per heavy atom. The van der Waals surface area contributed by atoms with Gasteiger partial charge in [-0.25, -0.2) is 0 Å². The first-order valence-corrected chi connectivity index (χ1v) is 5.53. The number of rotatable bonds is 7.